The largest absolute Gasteiger partial charge is 0.467 e. The molecular weight excluding hydrogens is 344 g/mol. The summed E-state index contributed by atoms with van der Waals surface area (Å²) in [6.07, 6.45) is 11.3. The minimum Gasteiger partial charge on any atom is -0.467 e. The fourth-order valence-electron chi connectivity index (χ4n) is 2.14. The molecule has 0 saturated heterocycles. The second-order valence-corrected chi connectivity index (χ2v) is 6.26. The van der Waals surface area contributed by atoms with Crippen LogP contribution >= 0.6 is 11.8 Å². The second-order valence-electron chi connectivity index (χ2n) is 5.28. The lowest BCUT2D eigenvalue weighted by Crippen LogP contribution is -2.42. The first-order chi connectivity index (χ1) is 12.1. The van der Waals surface area contributed by atoms with Gasteiger partial charge in [-0.2, -0.15) is 11.8 Å². The third-order valence-electron chi connectivity index (χ3n) is 3.40. The number of hydrogen-bond acceptors (Lipinski definition) is 7. The van der Waals surface area contributed by atoms with Crippen LogP contribution in [0.1, 0.15) is 12.1 Å². The number of carbonyl (C=O) groups is 2. The fourth-order valence-corrected chi connectivity index (χ4v) is 2.61. The van der Waals surface area contributed by atoms with E-state index in [4.69, 9.17) is 4.74 Å². The zero-order valence-corrected chi connectivity index (χ0v) is 15.0. The van der Waals surface area contributed by atoms with Gasteiger partial charge in [0, 0.05) is 12.5 Å². The standard InChI is InChI=1S/C16H21N4O4S/c1-23-15(21)14(7-8-25-2)17-16(22)24-11-13-10-20(19-18-13)9-12-5-3-4-6-12/h3-6,10,14H,7-9,11H2,1-2H3,(H,17,22)/t14-/m0/s1. The number of carbonyl (C=O) groups excluding carboxylic acids is 2. The Labute approximate surface area is 152 Å². The van der Waals surface area contributed by atoms with E-state index in [0.717, 1.165) is 11.7 Å². The highest BCUT2D eigenvalue weighted by Gasteiger charge is 2.22. The highest BCUT2D eigenvalue weighted by atomic mass is 32.2. The van der Waals surface area contributed by atoms with Crippen LogP contribution in [-0.2, 0) is 27.4 Å². The lowest BCUT2D eigenvalue weighted by Gasteiger charge is -2.15. The number of ether oxygens (including phenoxy) is 2. The summed E-state index contributed by atoms with van der Waals surface area (Å²) in [7, 11) is 1.28. The van der Waals surface area contributed by atoms with E-state index >= 15 is 0 Å². The Hall–Kier alpha value is -1.77. The molecule has 5 radical (unpaired) electrons. The van der Waals surface area contributed by atoms with E-state index in [0.29, 0.717) is 18.7 Å². The fraction of sp³-hybridized carbons (Fsp3) is 0.438. The first kappa shape index (κ1) is 19.6. The lowest BCUT2D eigenvalue weighted by molar-refractivity contribution is -0.143. The van der Waals surface area contributed by atoms with Crippen molar-refractivity contribution in [1.29, 1.82) is 0 Å². The van der Waals surface area contributed by atoms with Gasteiger partial charge in [0.1, 0.15) is 18.3 Å². The molecular formula is C16H21N4O4S. The minimum atomic E-state index is -0.724. The van der Waals surface area contributed by atoms with Gasteiger partial charge < -0.3 is 14.8 Å². The molecule has 1 aromatic heterocycles. The molecule has 8 nitrogen and oxygen atoms in total. The van der Waals surface area contributed by atoms with Crippen molar-refractivity contribution in [3.05, 3.63) is 43.5 Å². The third kappa shape index (κ3) is 6.56. The van der Waals surface area contributed by atoms with Gasteiger partial charge >= 0.3 is 12.1 Å². The van der Waals surface area contributed by atoms with Crippen LogP contribution in [0.15, 0.2) is 6.20 Å². The molecule has 1 amide bonds. The van der Waals surface area contributed by atoms with Gasteiger partial charge in [-0.3, -0.25) is 4.68 Å². The highest BCUT2D eigenvalue weighted by molar-refractivity contribution is 7.98. The van der Waals surface area contributed by atoms with Gasteiger partial charge in [0.05, 0.1) is 13.3 Å². The SMILES string of the molecule is COC(=O)[C@H](CCSC)NC(=O)OCc1cn(C[C]2[CH][CH][CH][CH]2)nn1. The summed E-state index contributed by atoms with van der Waals surface area (Å²) in [5.74, 6) is 1.34. The Morgan fingerprint density at radius 1 is 1.36 bits per heavy atom. The molecule has 1 fully saturated rings. The second kappa shape index (κ2) is 10.3. The van der Waals surface area contributed by atoms with Crippen LogP contribution in [0.2, 0.25) is 0 Å². The van der Waals surface area contributed by atoms with E-state index in [-0.39, 0.29) is 6.61 Å². The summed E-state index contributed by atoms with van der Waals surface area (Å²) in [4.78, 5) is 23.5. The Morgan fingerprint density at radius 2 is 2.12 bits per heavy atom. The Kier molecular flexibility index (Phi) is 8.03. The third-order valence-corrected chi connectivity index (χ3v) is 4.05. The van der Waals surface area contributed by atoms with Crippen molar-refractivity contribution in [3.63, 3.8) is 0 Å². The van der Waals surface area contributed by atoms with Crippen molar-refractivity contribution in [3.8, 4) is 0 Å². The van der Waals surface area contributed by atoms with Crippen molar-refractivity contribution in [2.24, 2.45) is 0 Å². The molecule has 1 aliphatic carbocycles. The van der Waals surface area contributed by atoms with Crippen molar-refractivity contribution in [1.82, 2.24) is 20.3 Å². The summed E-state index contributed by atoms with van der Waals surface area (Å²) in [5.41, 5.74) is 0.528. The van der Waals surface area contributed by atoms with Crippen LogP contribution in [0.3, 0.4) is 0 Å². The molecule has 0 unspecified atom stereocenters. The molecule has 1 atom stereocenters. The number of nitrogens with zero attached hydrogens (tertiary/aromatic N) is 3. The van der Waals surface area contributed by atoms with Gasteiger partial charge in [0.15, 0.2) is 0 Å². The summed E-state index contributed by atoms with van der Waals surface area (Å²) in [6.45, 7) is 0.578. The summed E-state index contributed by atoms with van der Waals surface area (Å²) in [6, 6.07) is -0.724. The molecule has 0 spiro atoms. The molecule has 1 heterocycles. The van der Waals surface area contributed by atoms with Crippen LogP contribution < -0.4 is 5.32 Å². The van der Waals surface area contributed by atoms with Crippen LogP contribution in [-0.4, -0.2) is 52.2 Å². The number of esters is 1. The van der Waals surface area contributed by atoms with E-state index < -0.39 is 18.1 Å². The topological polar surface area (TPSA) is 95.3 Å². The molecule has 2 rings (SSSR count). The van der Waals surface area contributed by atoms with Crippen LogP contribution in [0.25, 0.3) is 0 Å². The summed E-state index contributed by atoms with van der Waals surface area (Å²) in [5, 5.41) is 10.5. The van der Waals surface area contributed by atoms with Crippen LogP contribution in [0.5, 0.6) is 0 Å². The molecule has 0 aromatic carbocycles. The molecule has 1 saturated carbocycles. The molecule has 25 heavy (non-hydrogen) atoms. The van der Waals surface area contributed by atoms with Gasteiger partial charge in [-0.15, -0.1) is 5.10 Å². The van der Waals surface area contributed by atoms with Crippen LogP contribution in [0, 0.1) is 31.6 Å². The van der Waals surface area contributed by atoms with Gasteiger partial charge in [-0.25, -0.2) is 9.59 Å². The van der Waals surface area contributed by atoms with Crippen molar-refractivity contribution < 1.29 is 19.1 Å². The minimum absolute atomic E-state index is 0.0245. The van der Waals surface area contributed by atoms with Gasteiger partial charge in [0.25, 0.3) is 0 Å². The van der Waals surface area contributed by atoms with Gasteiger partial charge in [-0.1, -0.05) is 5.21 Å². The predicted molar refractivity (Wildman–Crippen MR) is 92.6 cm³/mol. The Morgan fingerprint density at radius 3 is 2.80 bits per heavy atom. The predicted octanol–water partition coefficient (Wildman–Crippen LogP) is 1.20. The van der Waals surface area contributed by atoms with E-state index in [1.54, 1.807) is 22.6 Å². The Bertz CT molecular complexity index is 560. The van der Waals surface area contributed by atoms with Crippen molar-refractivity contribution >= 4 is 23.8 Å². The van der Waals surface area contributed by atoms with Gasteiger partial charge in [0.2, 0.25) is 0 Å². The van der Waals surface area contributed by atoms with Crippen LogP contribution in [0.4, 0.5) is 4.79 Å². The molecule has 9 heteroatoms. The number of aromatic nitrogens is 3. The number of nitrogens with one attached hydrogen (secondary N) is 1. The zero-order chi connectivity index (χ0) is 18.1. The number of methoxy groups -OCH3 is 1. The number of rotatable bonds is 9. The first-order valence-electron chi connectivity index (χ1n) is 7.72. The zero-order valence-electron chi connectivity index (χ0n) is 14.2. The van der Waals surface area contributed by atoms with Gasteiger partial charge in [-0.05, 0) is 44.1 Å². The number of amides is 1. The molecule has 135 valence electrons. The normalized spacial score (nSPS) is 15.8. The molecule has 0 bridgehead atoms. The van der Waals surface area contributed by atoms with E-state index in [2.05, 4.69) is 20.4 Å². The average Bonchev–Trinajstić information content (AvgIpc) is 3.28. The maximum absolute atomic E-state index is 11.9. The number of hydrogen-bond donors (Lipinski definition) is 1. The molecule has 1 aliphatic rings. The summed E-state index contributed by atoms with van der Waals surface area (Å²) >= 11 is 1.58. The average molecular weight is 365 g/mol. The maximum Gasteiger partial charge on any atom is 0.408 e. The van der Waals surface area contributed by atoms with E-state index in [1.807, 2.05) is 31.9 Å². The van der Waals surface area contributed by atoms with E-state index in [9.17, 15) is 9.59 Å². The Balaban J connectivity index is 1.76. The highest BCUT2D eigenvalue weighted by Crippen LogP contribution is 2.24. The number of thioether (sulfide) groups is 1. The lowest BCUT2D eigenvalue weighted by atomic mass is 10.1. The smallest absolute Gasteiger partial charge is 0.408 e. The number of alkyl carbamates (subject to hydrolysis) is 1. The molecule has 1 aromatic rings. The summed E-state index contributed by atoms with van der Waals surface area (Å²) < 4.78 is 11.5. The molecule has 1 N–H and O–H groups in total. The monoisotopic (exact) mass is 365 g/mol. The van der Waals surface area contributed by atoms with Crippen molar-refractivity contribution in [2.45, 2.75) is 25.6 Å². The molecule has 0 aliphatic heterocycles. The maximum atomic E-state index is 11.9. The van der Waals surface area contributed by atoms with E-state index in [1.165, 1.54) is 7.11 Å². The quantitative estimate of drug-likeness (QED) is 0.657. The van der Waals surface area contributed by atoms with Crippen molar-refractivity contribution in [2.75, 3.05) is 19.1 Å². The first-order valence-corrected chi connectivity index (χ1v) is 9.11.